The molecule has 1 fully saturated rings. The lowest BCUT2D eigenvalue weighted by Crippen LogP contribution is -2.49. The van der Waals surface area contributed by atoms with Crippen LogP contribution in [-0.4, -0.2) is 32.8 Å². The molecule has 1 aliphatic rings. The molecule has 0 radical (unpaired) electrons. The van der Waals surface area contributed by atoms with Gasteiger partial charge in [0.1, 0.15) is 6.04 Å². The molecule has 1 saturated heterocycles. The second-order valence-electron chi connectivity index (χ2n) is 4.00. The number of halogens is 3. The zero-order valence-corrected chi connectivity index (χ0v) is 11.6. The number of rotatable bonds is 3. The fourth-order valence-electron chi connectivity index (χ4n) is 1.95. The molecule has 1 aromatic rings. The van der Waals surface area contributed by atoms with Gasteiger partial charge in [-0.25, -0.2) is 13.6 Å². The van der Waals surface area contributed by atoms with Gasteiger partial charge >= 0.3 is 12.0 Å². The van der Waals surface area contributed by atoms with Gasteiger partial charge in [-0.3, -0.25) is 0 Å². The Morgan fingerprint density at radius 3 is 2.65 bits per heavy atom. The summed E-state index contributed by atoms with van der Waals surface area (Å²) in [5.74, 6) is -2.75. The quantitative estimate of drug-likeness (QED) is 0.932. The Hall–Kier alpha value is -1.76. The number of carbonyl (C=O) groups excluding carboxylic acids is 1. The Labute approximate surface area is 120 Å². The molecule has 1 amide bonds. The van der Waals surface area contributed by atoms with Crippen molar-refractivity contribution in [1.29, 1.82) is 0 Å². The molecule has 0 bridgehead atoms. The summed E-state index contributed by atoms with van der Waals surface area (Å²) in [5.41, 5.74) is 0.142. The minimum absolute atomic E-state index is 0. The highest BCUT2D eigenvalue weighted by Crippen LogP contribution is 2.42. The molecule has 8 heteroatoms. The highest BCUT2D eigenvalue weighted by Gasteiger charge is 2.48. The van der Waals surface area contributed by atoms with E-state index in [1.54, 1.807) is 12.1 Å². The normalized spacial score (nSPS) is 20.2. The van der Waals surface area contributed by atoms with Crippen LogP contribution in [0, 0.1) is 0 Å². The molecule has 20 heavy (non-hydrogen) atoms. The van der Waals surface area contributed by atoms with E-state index >= 15 is 0 Å². The topological polar surface area (TPSA) is 56.8 Å². The third-order valence-electron chi connectivity index (χ3n) is 2.82. The molecule has 2 rings (SSSR count). The van der Waals surface area contributed by atoms with Crippen molar-refractivity contribution < 1.29 is 27.8 Å². The van der Waals surface area contributed by atoms with Crippen LogP contribution in [0.4, 0.5) is 13.6 Å². The lowest BCUT2D eigenvalue weighted by atomic mass is 9.98. The maximum Gasteiger partial charge on any atom is 0.408 e. The fraction of sp³-hybridized carbons (Fsp3) is 0.417. The zero-order chi connectivity index (χ0) is 14.0. The first kappa shape index (κ1) is 16.3. The number of ether oxygens (including phenoxy) is 3. The Bertz CT molecular complexity index is 498. The van der Waals surface area contributed by atoms with Crippen molar-refractivity contribution in [2.45, 2.75) is 12.0 Å². The SMILES string of the molecule is COc1cccc([C@H]2NC(=O)OCC2(F)F)c1OC.Cl. The van der Waals surface area contributed by atoms with E-state index in [1.165, 1.54) is 20.3 Å². The van der Waals surface area contributed by atoms with E-state index in [9.17, 15) is 13.6 Å². The van der Waals surface area contributed by atoms with Crippen molar-refractivity contribution in [3.8, 4) is 11.5 Å². The molecular formula is C12H14ClF2NO4. The van der Waals surface area contributed by atoms with Crippen LogP contribution in [0.3, 0.4) is 0 Å². The number of alkyl carbamates (subject to hydrolysis) is 1. The second kappa shape index (κ2) is 6.13. The zero-order valence-electron chi connectivity index (χ0n) is 10.8. The van der Waals surface area contributed by atoms with Gasteiger partial charge in [-0.1, -0.05) is 12.1 Å². The molecule has 0 aliphatic carbocycles. The van der Waals surface area contributed by atoms with Crippen LogP contribution >= 0.6 is 12.4 Å². The van der Waals surface area contributed by atoms with Crippen LogP contribution in [0.1, 0.15) is 11.6 Å². The molecule has 112 valence electrons. The fourth-order valence-corrected chi connectivity index (χ4v) is 1.95. The first-order chi connectivity index (χ1) is 8.99. The van der Waals surface area contributed by atoms with E-state index in [-0.39, 0.29) is 23.7 Å². The van der Waals surface area contributed by atoms with E-state index in [1.807, 2.05) is 0 Å². The van der Waals surface area contributed by atoms with E-state index in [0.29, 0.717) is 5.75 Å². The van der Waals surface area contributed by atoms with E-state index in [4.69, 9.17) is 9.47 Å². The van der Waals surface area contributed by atoms with Gasteiger partial charge in [-0.05, 0) is 6.07 Å². The number of para-hydroxylation sites is 1. The molecule has 0 unspecified atom stereocenters. The molecular weight excluding hydrogens is 296 g/mol. The van der Waals surface area contributed by atoms with Crippen molar-refractivity contribution in [1.82, 2.24) is 5.32 Å². The predicted molar refractivity (Wildman–Crippen MR) is 69.0 cm³/mol. The predicted octanol–water partition coefficient (Wildman–Crippen LogP) is 2.54. The van der Waals surface area contributed by atoms with Gasteiger partial charge in [-0.15, -0.1) is 12.4 Å². The number of carbonyl (C=O) groups is 1. The molecule has 0 spiro atoms. The molecule has 1 aliphatic heterocycles. The van der Waals surface area contributed by atoms with Crippen LogP contribution in [-0.2, 0) is 4.74 Å². The maximum absolute atomic E-state index is 13.8. The molecule has 1 heterocycles. The van der Waals surface area contributed by atoms with Crippen molar-refractivity contribution >= 4 is 18.5 Å². The van der Waals surface area contributed by atoms with E-state index in [0.717, 1.165) is 0 Å². The lowest BCUT2D eigenvalue weighted by Gasteiger charge is -2.32. The molecule has 1 atom stereocenters. The van der Waals surface area contributed by atoms with Crippen LogP contribution in [0.15, 0.2) is 18.2 Å². The number of amides is 1. The van der Waals surface area contributed by atoms with Crippen molar-refractivity contribution in [2.24, 2.45) is 0 Å². The lowest BCUT2D eigenvalue weighted by molar-refractivity contribution is -0.104. The minimum Gasteiger partial charge on any atom is -0.493 e. The van der Waals surface area contributed by atoms with Crippen molar-refractivity contribution in [2.75, 3.05) is 20.8 Å². The third-order valence-corrected chi connectivity index (χ3v) is 2.82. The molecule has 1 N–H and O–H groups in total. The summed E-state index contributed by atoms with van der Waals surface area (Å²) in [6.07, 6.45) is -0.888. The number of alkyl halides is 2. The Morgan fingerprint density at radius 1 is 1.35 bits per heavy atom. The van der Waals surface area contributed by atoms with Gasteiger partial charge in [0, 0.05) is 5.56 Å². The molecule has 1 aromatic carbocycles. The van der Waals surface area contributed by atoms with Crippen LogP contribution < -0.4 is 14.8 Å². The second-order valence-corrected chi connectivity index (χ2v) is 4.00. The van der Waals surface area contributed by atoms with Gasteiger partial charge in [-0.2, -0.15) is 0 Å². The van der Waals surface area contributed by atoms with Crippen LogP contribution in [0.25, 0.3) is 0 Å². The molecule has 5 nitrogen and oxygen atoms in total. The largest absolute Gasteiger partial charge is 0.493 e. The van der Waals surface area contributed by atoms with Crippen molar-refractivity contribution in [3.63, 3.8) is 0 Å². The first-order valence-corrected chi connectivity index (χ1v) is 5.51. The standard InChI is InChI=1S/C12H13F2NO4.ClH/c1-17-8-5-3-4-7(9(8)18-2)10-12(13,14)6-19-11(16)15-10;/h3-5,10H,6H2,1-2H3,(H,15,16);1H/t10-;/m1./s1. The average Bonchev–Trinajstić information content (AvgIpc) is 2.40. The first-order valence-electron chi connectivity index (χ1n) is 5.51. The van der Waals surface area contributed by atoms with Gasteiger partial charge in [0.2, 0.25) is 0 Å². The van der Waals surface area contributed by atoms with Gasteiger partial charge < -0.3 is 19.5 Å². The number of hydrogen-bond acceptors (Lipinski definition) is 4. The van der Waals surface area contributed by atoms with Gasteiger partial charge in [0.15, 0.2) is 18.1 Å². The Kier molecular flexibility index (Phi) is 4.99. The summed E-state index contributed by atoms with van der Waals surface area (Å²) < 4.78 is 42.1. The highest BCUT2D eigenvalue weighted by molar-refractivity contribution is 5.85. The number of hydrogen-bond donors (Lipinski definition) is 1. The van der Waals surface area contributed by atoms with Gasteiger partial charge in [0.05, 0.1) is 14.2 Å². The summed E-state index contributed by atoms with van der Waals surface area (Å²) in [7, 11) is 2.75. The smallest absolute Gasteiger partial charge is 0.408 e. The Morgan fingerprint density at radius 2 is 2.05 bits per heavy atom. The number of methoxy groups -OCH3 is 2. The molecule has 0 aromatic heterocycles. The summed E-state index contributed by atoms with van der Waals surface area (Å²) in [5, 5.41) is 2.10. The number of cyclic esters (lactones) is 1. The monoisotopic (exact) mass is 309 g/mol. The summed E-state index contributed by atoms with van der Waals surface area (Å²) in [6, 6.07) is 3.07. The van der Waals surface area contributed by atoms with Crippen molar-refractivity contribution in [3.05, 3.63) is 23.8 Å². The summed E-state index contributed by atoms with van der Waals surface area (Å²) in [4.78, 5) is 11.1. The Balaban J connectivity index is 0.00000200. The van der Waals surface area contributed by atoms with Gasteiger partial charge in [0.25, 0.3) is 0 Å². The van der Waals surface area contributed by atoms with Crippen LogP contribution in [0.2, 0.25) is 0 Å². The summed E-state index contributed by atoms with van der Waals surface area (Å²) in [6.45, 7) is -0.968. The summed E-state index contributed by atoms with van der Waals surface area (Å²) >= 11 is 0. The number of benzene rings is 1. The third kappa shape index (κ3) is 2.87. The minimum atomic E-state index is -3.23. The maximum atomic E-state index is 13.8. The van der Waals surface area contributed by atoms with E-state index in [2.05, 4.69) is 10.1 Å². The highest BCUT2D eigenvalue weighted by atomic mass is 35.5. The average molecular weight is 310 g/mol. The number of nitrogens with one attached hydrogen (secondary N) is 1. The molecule has 0 saturated carbocycles. The van der Waals surface area contributed by atoms with Crippen LogP contribution in [0.5, 0.6) is 11.5 Å². The van der Waals surface area contributed by atoms with E-state index < -0.39 is 24.7 Å².